The number of imidazole rings is 1. The van der Waals surface area contributed by atoms with Gasteiger partial charge in [-0.1, -0.05) is 17.7 Å². The van der Waals surface area contributed by atoms with Crippen molar-refractivity contribution in [3.05, 3.63) is 41.6 Å². The Balaban J connectivity index is 2.23. The Kier molecular flexibility index (Phi) is 3.14. The first-order valence-corrected chi connectivity index (χ1v) is 6.59. The van der Waals surface area contributed by atoms with E-state index >= 15 is 0 Å². The summed E-state index contributed by atoms with van der Waals surface area (Å²) in [6.45, 7) is 4.09. The Morgan fingerprint density at radius 3 is 2.80 bits per heavy atom. The normalized spacial score (nSPS) is 11.4. The maximum atomic E-state index is 13.3. The molecule has 0 radical (unpaired) electrons. The Morgan fingerprint density at radius 1 is 1.30 bits per heavy atom. The smallest absolute Gasteiger partial charge is 0.183 e. The number of aromatic nitrogens is 4. The molecule has 1 aromatic carbocycles. The summed E-state index contributed by atoms with van der Waals surface area (Å²) < 4.78 is 15.2. The molecule has 0 fully saturated rings. The molecule has 20 heavy (non-hydrogen) atoms. The van der Waals surface area contributed by atoms with E-state index in [2.05, 4.69) is 15.2 Å². The number of rotatable bonds is 2. The first kappa shape index (κ1) is 13.0. The van der Waals surface area contributed by atoms with Crippen molar-refractivity contribution in [1.82, 2.24) is 19.7 Å². The highest BCUT2D eigenvalue weighted by Crippen LogP contribution is 2.29. The van der Waals surface area contributed by atoms with Crippen LogP contribution in [-0.4, -0.2) is 19.7 Å². The Hall–Kier alpha value is -2.01. The molecule has 102 valence electrons. The highest BCUT2D eigenvalue weighted by molar-refractivity contribution is 6.31. The molecule has 6 heteroatoms. The van der Waals surface area contributed by atoms with Crippen LogP contribution in [0.4, 0.5) is 4.39 Å². The maximum Gasteiger partial charge on any atom is 0.183 e. The van der Waals surface area contributed by atoms with Gasteiger partial charge in [0.05, 0.1) is 17.5 Å². The zero-order chi connectivity index (χ0) is 14.3. The summed E-state index contributed by atoms with van der Waals surface area (Å²) in [7, 11) is 0. The zero-order valence-electron chi connectivity index (χ0n) is 11.0. The highest BCUT2D eigenvalue weighted by atomic mass is 35.5. The molecule has 2 aromatic heterocycles. The van der Waals surface area contributed by atoms with Crippen LogP contribution in [0.15, 0.2) is 30.7 Å². The van der Waals surface area contributed by atoms with E-state index in [4.69, 9.17) is 11.6 Å². The standard InChI is InChI=1S/C14H12ClFN4/c1-8(2)20-7-17-13-10(6-18-19-14(13)20)9-3-4-12(16)11(15)5-9/h3-8H,1-2H3. The summed E-state index contributed by atoms with van der Waals surface area (Å²) in [5, 5.41) is 8.22. The maximum absolute atomic E-state index is 13.3. The fourth-order valence-corrected chi connectivity index (χ4v) is 2.28. The van der Waals surface area contributed by atoms with Crippen molar-refractivity contribution in [2.45, 2.75) is 19.9 Å². The van der Waals surface area contributed by atoms with Crippen molar-refractivity contribution >= 4 is 22.8 Å². The molecule has 3 aromatic rings. The van der Waals surface area contributed by atoms with Crippen LogP contribution in [0.2, 0.25) is 5.02 Å². The van der Waals surface area contributed by atoms with Crippen LogP contribution in [0, 0.1) is 5.82 Å². The molecule has 0 aliphatic carbocycles. The van der Waals surface area contributed by atoms with Crippen molar-refractivity contribution in [3.63, 3.8) is 0 Å². The minimum Gasteiger partial charge on any atom is -0.311 e. The molecular weight excluding hydrogens is 279 g/mol. The monoisotopic (exact) mass is 290 g/mol. The zero-order valence-corrected chi connectivity index (χ0v) is 11.8. The van der Waals surface area contributed by atoms with E-state index in [-0.39, 0.29) is 11.1 Å². The topological polar surface area (TPSA) is 43.6 Å². The quantitative estimate of drug-likeness (QED) is 0.719. The highest BCUT2D eigenvalue weighted by Gasteiger charge is 2.13. The van der Waals surface area contributed by atoms with Crippen LogP contribution in [0.3, 0.4) is 0 Å². The lowest BCUT2D eigenvalue weighted by Crippen LogP contribution is -2.00. The van der Waals surface area contributed by atoms with Crippen LogP contribution < -0.4 is 0 Å². The van der Waals surface area contributed by atoms with E-state index in [1.165, 1.54) is 6.07 Å². The lowest BCUT2D eigenvalue weighted by molar-refractivity contribution is 0.610. The largest absolute Gasteiger partial charge is 0.311 e. The van der Waals surface area contributed by atoms with Crippen molar-refractivity contribution in [1.29, 1.82) is 0 Å². The molecule has 0 bridgehead atoms. The van der Waals surface area contributed by atoms with E-state index in [0.29, 0.717) is 5.65 Å². The average molecular weight is 291 g/mol. The third-order valence-electron chi connectivity index (χ3n) is 3.15. The molecule has 0 saturated heterocycles. The van der Waals surface area contributed by atoms with Crippen molar-refractivity contribution in [2.75, 3.05) is 0 Å². The molecule has 0 aliphatic rings. The predicted octanol–water partition coefficient (Wildman–Crippen LogP) is 3.87. The van der Waals surface area contributed by atoms with Gasteiger partial charge < -0.3 is 4.57 Å². The SMILES string of the molecule is CC(C)n1cnc2c(-c3ccc(F)c(Cl)c3)cnnc21. The molecule has 2 heterocycles. The lowest BCUT2D eigenvalue weighted by Gasteiger charge is -2.07. The van der Waals surface area contributed by atoms with Crippen molar-refractivity contribution in [3.8, 4) is 11.1 Å². The van der Waals surface area contributed by atoms with E-state index < -0.39 is 5.82 Å². The fourth-order valence-electron chi connectivity index (χ4n) is 2.10. The van der Waals surface area contributed by atoms with Gasteiger partial charge in [-0.3, -0.25) is 0 Å². The third kappa shape index (κ3) is 2.04. The molecule has 0 N–H and O–H groups in total. The number of fused-ring (bicyclic) bond motifs is 1. The number of nitrogens with zero attached hydrogens (tertiary/aromatic N) is 4. The third-order valence-corrected chi connectivity index (χ3v) is 3.44. The Morgan fingerprint density at radius 2 is 2.10 bits per heavy atom. The molecule has 3 rings (SSSR count). The van der Waals surface area contributed by atoms with E-state index in [0.717, 1.165) is 16.6 Å². The second-order valence-corrected chi connectivity index (χ2v) is 5.21. The van der Waals surface area contributed by atoms with Gasteiger partial charge in [-0.15, -0.1) is 5.10 Å². The Labute approximate surface area is 120 Å². The van der Waals surface area contributed by atoms with Crippen LogP contribution in [-0.2, 0) is 0 Å². The first-order chi connectivity index (χ1) is 9.58. The first-order valence-electron chi connectivity index (χ1n) is 6.21. The van der Waals surface area contributed by atoms with Gasteiger partial charge in [0.2, 0.25) is 0 Å². The van der Waals surface area contributed by atoms with E-state index in [9.17, 15) is 4.39 Å². The lowest BCUT2D eigenvalue weighted by atomic mass is 10.1. The molecule has 0 aliphatic heterocycles. The second kappa shape index (κ2) is 4.83. The average Bonchev–Trinajstić information content (AvgIpc) is 2.86. The molecule has 0 atom stereocenters. The molecule has 4 nitrogen and oxygen atoms in total. The summed E-state index contributed by atoms with van der Waals surface area (Å²) >= 11 is 5.83. The second-order valence-electron chi connectivity index (χ2n) is 4.80. The van der Waals surface area contributed by atoms with E-state index in [1.807, 2.05) is 18.4 Å². The number of halogens is 2. The van der Waals surface area contributed by atoms with Crippen molar-refractivity contribution in [2.24, 2.45) is 0 Å². The summed E-state index contributed by atoms with van der Waals surface area (Å²) in [4.78, 5) is 4.39. The van der Waals surface area contributed by atoms with Gasteiger partial charge in [-0.05, 0) is 31.5 Å². The molecule has 0 spiro atoms. The molecular formula is C14H12ClFN4. The van der Waals surface area contributed by atoms with Crippen LogP contribution in [0.5, 0.6) is 0 Å². The van der Waals surface area contributed by atoms with Gasteiger partial charge in [-0.25, -0.2) is 9.37 Å². The minimum atomic E-state index is -0.443. The van der Waals surface area contributed by atoms with Crippen LogP contribution in [0.1, 0.15) is 19.9 Å². The van der Waals surface area contributed by atoms with Gasteiger partial charge in [0.25, 0.3) is 0 Å². The Bertz CT molecular complexity index is 782. The van der Waals surface area contributed by atoms with Gasteiger partial charge in [-0.2, -0.15) is 5.10 Å². The molecule has 0 saturated carbocycles. The number of hydrogen-bond acceptors (Lipinski definition) is 3. The van der Waals surface area contributed by atoms with Gasteiger partial charge in [0.1, 0.15) is 11.3 Å². The van der Waals surface area contributed by atoms with E-state index in [1.54, 1.807) is 24.7 Å². The summed E-state index contributed by atoms with van der Waals surface area (Å²) in [5.74, 6) is -0.443. The van der Waals surface area contributed by atoms with Crippen molar-refractivity contribution < 1.29 is 4.39 Å². The molecule has 0 amide bonds. The predicted molar refractivity (Wildman–Crippen MR) is 76.1 cm³/mol. The summed E-state index contributed by atoms with van der Waals surface area (Å²) in [6.07, 6.45) is 3.35. The van der Waals surface area contributed by atoms with Crippen LogP contribution >= 0.6 is 11.6 Å². The summed E-state index contributed by atoms with van der Waals surface area (Å²) in [5.41, 5.74) is 3.00. The number of benzene rings is 1. The van der Waals surface area contributed by atoms with Gasteiger partial charge in [0, 0.05) is 11.6 Å². The summed E-state index contributed by atoms with van der Waals surface area (Å²) in [6, 6.07) is 4.80. The van der Waals surface area contributed by atoms with Gasteiger partial charge >= 0.3 is 0 Å². The molecule has 0 unspecified atom stereocenters. The number of hydrogen-bond donors (Lipinski definition) is 0. The minimum absolute atomic E-state index is 0.0794. The van der Waals surface area contributed by atoms with Crippen LogP contribution in [0.25, 0.3) is 22.3 Å². The van der Waals surface area contributed by atoms with Gasteiger partial charge in [0.15, 0.2) is 5.65 Å². The fraction of sp³-hybridized carbons (Fsp3) is 0.214.